The zero-order valence-corrected chi connectivity index (χ0v) is 14.8. The van der Waals surface area contributed by atoms with Gasteiger partial charge in [0.1, 0.15) is 5.82 Å². The second-order valence-electron chi connectivity index (χ2n) is 5.07. The Balaban J connectivity index is 0.00000156. The fourth-order valence-corrected chi connectivity index (χ4v) is 2.63. The van der Waals surface area contributed by atoms with Crippen molar-refractivity contribution < 1.29 is 24.5 Å². The van der Waals surface area contributed by atoms with Gasteiger partial charge in [-0.1, -0.05) is 23.8 Å². The average Bonchev–Trinajstić information content (AvgIpc) is 3.15. The van der Waals surface area contributed by atoms with Crippen molar-refractivity contribution in [2.24, 2.45) is 0 Å². The van der Waals surface area contributed by atoms with Gasteiger partial charge in [0.15, 0.2) is 6.39 Å². The number of hydrogen-bond donors (Lipinski definition) is 0. The molecule has 7 heteroatoms. The molecular weight excluding hydrogens is 470 g/mol. The summed E-state index contributed by atoms with van der Waals surface area (Å²) in [5.41, 5.74) is 5.24. The van der Waals surface area contributed by atoms with Gasteiger partial charge in [0.05, 0.1) is 11.3 Å². The smallest absolute Gasteiger partial charge is 0.169 e. The van der Waals surface area contributed by atoms with Crippen LogP contribution in [0.2, 0.25) is 0 Å². The maximum atomic E-state index is 5.47. The zero-order valence-electron chi connectivity index (χ0n) is 12.4. The molecule has 0 saturated heterocycles. The van der Waals surface area contributed by atoms with Crippen LogP contribution < -0.4 is 0 Å². The molecule has 0 aliphatic rings. The van der Waals surface area contributed by atoms with Crippen LogP contribution in [0.15, 0.2) is 41.1 Å². The van der Waals surface area contributed by atoms with Gasteiger partial charge in [-0.3, -0.25) is 0 Å². The predicted molar refractivity (Wildman–Crippen MR) is 80.5 cm³/mol. The van der Waals surface area contributed by atoms with Crippen molar-refractivity contribution >= 4 is 11.1 Å². The molecular formula is C16H12IrN5O-. The molecule has 0 N–H and O–H groups in total. The number of tetrazole rings is 1. The predicted octanol–water partition coefficient (Wildman–Crippen LogP) is 2.89. The van der Waals surface area contributed by atoms with Gasteiger partial charge in [-0.05, 0) is 35.4 Å². The van der Waals surface area contributed by atoms with Gasteiger partial charge in [0, 0.05) is 25.6 Å². The standard InChI is InChI=1S/C16H12N5O.Ir/c1-10-5-3-6-11(2)14(10)21-16(18-19-20-21)12-7-4-8-13-15(12)22-9-17-13;/h3-6,8-9H,1-2H3;/q-1;. The molecule has 0 aliphatic heterocycles. The van der Waals surface area contributed by atoms with Crippen LogP contribution in [0.5, 0.6) is 0 Å². The van der Waals surface area contributed by atoms with Crippen LogP contribution in [0.3, 0.4) is 0 Å². The minimum atomic E-state index is 0. The zero-order chi connectivity index (χ0) is 15.1. The van der Waals surface area contributed by atoms with Gasteiger partial charge >= 0.3 is 0 Å². The molecule has 0 fully saturated rings. The number of rotatable bonds is 2. The Morgan fingerprint density at radius 3 is 2.70 bits per heavy atom. The number of fused-ring (bicyclic) bond motifs is 1. The van der Waals surface area contributed by atoms with Crippen LogP contribution >= 0.6 is 0 Å². The number of oxazole rings is 1. The summed E-state index contributed by atoms with van der Waals surface area (Å²) in [6, 6.07) is 12.9. The molecule has 4 rings (SSSR count). The minimum Gasteiger partial charge on any atom is -0.490 e. The second kappa shape index (κ2) is 6.02. The van der Waals surface area contributed by atoms with Gasteiger partial charge < -0.3 is 4.42 Å². The minimum absolute atomic E-state index is 0. The number of aryl methyl sites for hydroxylation is 2. The maximum Gasteiger partial charge on any atom is 0.169 e. The van der Waals surface area contributed by atoms with Crippen molar-refractivity contribution in [1.82, 2.24) is 25.2 Å². The maximum absolute atomic E-state index is 5.47. The number of benzene rings is 2. The van der Waals surface area contributed by atoms with Gasteiger partial charge in [-0.15, -0.1) is 18.2 Å². The molecule has 2 heterocycles. The van der Waals surface area contributed by atoms with E-state index < -0.39 is 0 Å². The SMILES string of the molecule is Cc1cccc(C)c1-n1nnnc1-c1[c-]ccc2ncoc12.[Ir]. The van der Waals surface area contributed by atoms with E-state index in [1.54, 1.807) is 10.7 Å². The first-order valence-electron chi connectivity index (χ1n) is 6.85. The molecule has 1 radical (unpaired) electrons. The third-order valence-electron chi connectivity index (χ3n) is 3.64. The largest absolute Gasteiger partial charge is 0.490 e. The Kier molecular flexibility index (Phi) is 4.07. The van der Waals surface area contributed by atoms with Crippen molar-refractivity contribution in [3.63, 3.8) is 0 Å². The number of aromatic nitrogens is 5. The van der Waals surface area contributed by atoms with Crippen LogP contribution in [0.25, 0.3) is 28.2 Å². The Bertz CT molecular complexity index is 955. The molecule has 117 valence electrons. The third kappa shape index (κ3) is 2.48. The Labute approximate surface area is 145 Å². The molecule has 0 aliphatic carbocycles. The van der Waals surface area contributed by atoms with Crippen LogP contribution in [0.4, 0.5) is 0 Å². The fraction of sp³-hybridized carbons (Fsp3) is 0.125. The molecule has 0 amide bonds. The number of para-hydroxylation sites is 1. The average molecular weight is 483 g/mol. The Hall–Kier alpha value is -2.37. The second-order valence-corrected chi connectivity index (χ2v) is 5.07. The van der Waals surface area contributed by atoms with Crippen LogP contribution in [-0.4, -0.2) is 25.2 Å². The quantitative estimate of drug-likeness (QED) is 0.411. The topological polar surface area (TPSA) is 69.6 Å². The van der Waals surface area contributed by atoms with E-state index in [9.17, 15) is 0 Å². The number of nitrogens with zero attached hydrogens (tertiary/aromatic N) is 5. The van der Waals surface area contributed by atoms with Gasteiger partial charge in [-0.25, -0.2) is 9.67 Å². The van der Waals surface area contributed by atoms with Crippen LogP contribution in [0.1, 0.15) is 11.1 Å². The summed E-state index contributed by atoms with van der Waals surface area (Å²) >= 11 is 0. The van der Waals surface area contributed by atoms with Gasteiger partial charge in [0.25, 0.3) is 0 Å². The molecule has 4 aromatic rings. The molecule has 2 aromatic carbocycles. The summed E-state index contributed by atoms with van der Waals surface area (Å²) in [6.07, 6.45) is 1.41. The summed E-state index contributed by atoms with van der Waals surface area (Å²) in [4.78, 5) is 4.16. The first kappa shape index (κ1) is 15.5. The van der Waals surface area contributed by atoms with E-state index in [-0.39, 0.29) is 20.1 Å². The van der Waals surface area contributed by atoms with Crippen molar-refractivity contribution in [2.75, 3.05) is 0 Å². The van der Waals surface area contributed by atoms with Crippen LogP contribution in [-0.2, 0) is 20.1 Å². The Morgan fingerprint density at radius 2 is 1.91 bits per heavy atom. The van der Waals surface area contributed by atoms with Crippen molar-refractivity contribution in [1.29, 1.82) is 0 Å². The molecule has 0 spiro atoms. The summed E-state index contributed by atoms with van der Waals surface area (Å²) in [5.74, 6) is 0.583. The van der Waals surface area contributed by atoms with Crippen molar-refractivity contribution in [3.8, 4) is 17.1 Å². The molecule has 0 unspecified atom stereocenters. The molecule has 0 saturated carbocycles. The van der Waals surface area contributed by atoms with Gasteiger partial charge in [-0.2, -0.15) is 5.10 Å². The van der Waals surface area contributed by atoms with Crippen molar-refractivity contribution in [2.45, 2.75) is 13.8 Å². The van der Waals surface area contributed by atoms with E-state index in [0.717, 1.165) is 22.3 Å². The monoisotopic (exact) mass is 483 g/mol. The van der Waals surface area contributed by atoms with E-state index in [1.165, 1.54) is 6.39 Å². The summed E-state index contributed by atoms with van der Waals surface area (Å²) < 4.78 is 7.19. The third-order valence-corrected chi connectivity index (χ3v) is 3.64. The van der Waals surface area contributed by atoms with Crippen LogP contribution in [0, 0.1) is 19.9 Å². The van der Waals surface area contributed by atoms with E-state index in [4.69, 9.17) is 4.42 Å². The Morgan fingerprint density at radius 1 is 1.13 bits per heavy atom. The van der Waals surface area contributed by atoms with E-state index in [1.807, 2.05) is 38.1 Å². The van der Waals surface area contributed by atoms with Gasteiger partial charge in [0.2, 0.25) is 0 Å². The first-order chi connectivity index (χ1) is 10.8. The summed E-state index contributed by atoms with van der Waals surface area (Å²) in [7, 11) is 0. The van der Waals surface area contributed by atoms with E-state index in [2.05, 4.69) is 26.6 Å². The summed E-state index contributed by atoms with van der Waals surface area (Å²) in [5, 5.41) is 12.1. The number of hydrogen-bond acceptors (Lipinski definition) is 5. The molecule has 6 nitrogen and oxygen atoms in total. The molecule has 23 heavy (non-hydrogen) atoms. The normalized spacial score (nSPS) is 10.7. The molecule has 0 bridgehead atoms. The van der Waals surface area contributed by atoms with Crippen molar-refractivity contribution in [3.05, 3.63) is 53.9 Å². The van der Waals surface area contributed by atoms with E-state index in [0.29, 0.717) is 17.0 Å². The van der Waals surface area contributed by atoms with E-state index >= 15 is 0 Å². The summed E-state index contributed by atoms with van der Waals surface area (Å²) in [6.45, 7) is 4.07. The molecule has 0 atom stereocenters. The molecule has 2 aromatic heterocycles. The fourth-order valence-electron chi connectivity index (χ4n) is 2.63. The first-order valence-corrected chi connectivity index (χ1v) is 6.85.